The van der Waals surface area contributed by atoms with Crippen molar-refractivity contribution in [1.29, 1.82) is 0 Å². The van der Waals surface area contributed by atoms with Gasteiger partial charge in [0.1, 0.15) is 0 Å². The molecule has 6 nitrogen and oxygen atoms in total. The molecule has 0 aromatic carbocycles. The fourth-order valence-electron chi connectivity index (χ4n) is 0.406. The minimum absolute atomic E-state index is 0.301. The molecule has 0 aliphatic heterocycles. The Morgan fingerprint density at radius 1 is 1.25 bits per heavy atom. The Bertz CT molecular complexity index is 328. The lowest BCUT2D eigenvalue weighted by molar-refractivity contribution is 0.447. The molecular formula is C4H10NO5S2-. The van der Waals surface area contributed by atoms with Gasteiger partial charge < -0.3 is 4.55 Å². The van der Waals surface area contributed by atoms with Gasteiger partial charge in [0.2, 0.25) is 10.0 Å². The molecule has 0 amide bonds. The maximum atomic E-state index is 10.7. The highest BCUT2D eigenvalue weighted by molar-refractivity contribution is 7.88. The van der Waals surface area contributed by atoms with E-state index in [1.807, 2.05) is 0 Å². The summed E-state index contributed by atoms with van der Waals surface area (Å²) in [5.41, 5.74) is 0. The van der Waals surface area contributed by atoms with E-state index < -0.39 is 25.9 Å². The standard InChI is InChI=1S/C4H11NO5S2/c1-5(11(2,6)7)3-4-12(8,9)10/h3-4H2,1-2H3,(H,8,9,10)/p-1. The Hall–Kier alpha value is -0.180. The summed E-state index contributed by atoms with van der Waals surface area (Å²) in [4.78, 5) is 0. The van der Waals surface area contributed by atoms with Crippen LogP contribution in [-0.4, -0.2) is 51.3 Å². The summed E-state index contributed by atoms with van der Waals surface area (Å²) in [6.07, 6.45) is 0.935. The van der Waals surface area contributed by atoms with Crippen LogP contribution in [0.25, 0.3) is 0 Å². The number of hydrogen-bond donors (Lipinski definition) is 0. The maximum Gasteiger partial charge on any atom is 0.210 e. The van der Waals surface area contributed by atoms with Crippen molar-refractivity contribution in [2.75, 3.05) is 25.6 Å². The SMILES string of the molecule is CN(CCS(=O)(=O)[O-])S(C)(=O)=O. The fourth-order valence-corrected chi connectivity index (χ4v) is 1.44. The average Bonchev–Trinajstić information content (AvgIpc) is 1.78. The third-order valence-electron chi connectivity index (χ3n) is 1.22. The molecule has 12 heavy (non-hydrogen) atoms. The lowest BCUT2D eigenvalue weighted by atomic mass is 10.8. The second-order valence-corrected chi connectivity index (χ2v) is 5.96. The van der Waals surface area contributed by atoms with Gasteiger partial charge in [0.05, 0.1) is 22.1 Å². The topological polar surface area (TPSA) is 94.6 Å². The summed E-state index contributed by atoms with van der Waals surface area (Å²) in [5, 5.41) is 0. The molecule has 0 radical (unpaired) electrons. The highest BCUT2D eigenvalue weighted by Crippen LogP contribution is 1.93. The second kappa shape index (κ2) is 3.69. The molecule has 0 bridgehead atoms. The zero-order chi connectivity index (χ0) is 9.99. The molecule has 0 atom stereocenters. The quantitative estimate of drug-likeness (QED) is 0.529. The molecule has 74 valence electrons. The van der Waals surface area contributed by atoms with Crippen LogP contribution in [0, 0.1) is 0 Å². The lowest BCUT2D eigenvalue weighted by Gasteiger charge is -2.14. The number of sulfonamides is 1. The Balaban J connectivity index is 4.16. The van der Waals surface area contributed by atoms with Crippen LogP contribution in [-0.2, 0) is 20.1 Å². The minimum Gasteiger partial charge on any atom is -0.748 e. The molecule has 0 rings (SSSR count). The van der Waals surface area contributed by atoms with Crippen LogP contribution in [0.3, 0.4) is 0 Å². The second-order valence-electron chi connectivity index (χ2n) is 2.35. The van der Waals surface area contributed by atoms with Crippen molar-refractivity contribution < 1.29 is 21.4 Å². The summed E-state index contributed by atoms with van der Waals surface area (Å²) < 4.78 is 52.4. The van der Waals surface area contributed by atoms with Crippen molar-refractivity contribution in [3.63, 3.8) is 0 Å². The van der Waals surface area contributed by atoms with Crippen molar-refractivity contribution in [1.82, 2.24) is 4.31 Å². The summed E-state index contributed by atoms with van der Waals surface area (Å²) in [7, 11) is -6.52. The lowest BCUT2D eigenvalue weighted by Crippen LogP contribution is -2.30. The smallest absolute Gasteiger partial charge is 0.210 e. The molecule has 0 spiro atoms. The van der Waals surface area contributed by atoms with E-state index in [0.29, 0.717) is 0 Å². The third-order valence-corrected chi connectivity index (χ3v) is 3.22. The van der Waals surface area contributed by atoms with E-state index in [9.17, 15) is 21.4 Å². The van der Waals surface area contributed by atoms with Gasteiger partial charge in [-0.05, 0) is 0 Å². The van der Waals surface area contributed by atoms with Gasteiger partial charge in [0, 0.05) is 13.6 Å². The van der Waals surface area contributed by atoms with Crippen LogP contribution < -0.4 is 0 Å². The van der Waals surface area contributed by atoms with Crippen molar-refractivity contribution >= 4 is 20.1 Å². The first-order valence-electron chi connectivity index (χ1n) is 2.98. The third kappa shape index (κ3) is 5.47. The molecule has 0 unspecified atom stereocenters. The molecule has 0 aromatic rings. The molecule has 0 aliphatic rings. The van der Waals surface area contributed by atoms with Gasteiger partial charge >= 0.3 is 0 Å². The Labute approximate surface area is 72.0 Å². The van der Waals surface area contributed by atoms with Gasteiger partial charge in [-0.15, -0.1) is 0 Å². The van der Waals surface area contributed by atoms with Crippen LogP contribution in [0.1, 0.15) is 0 Å². The van der Waals surface area contributed by atoms with Crippen LogP contribution in [0.4, 0.5) is 0 Å². The van der Waals surface area contributed by atoms with Crippen LogP contribution in [0.2, 0.25) is 0 Å². The zero-order valence-corrected chi connectivity index (χ0v) is 8.35. The van der Waals surface area contributed by atoms with E-state index in [0.717, 1.165) is 10.6 Å². The van der Waals surface area contributed by atoms with E-state index in [1.165, 1.54) is 7.05 Å². The zero-order valence-electron chi connectivity index (χ0n) is 6.72. The van der Waals surface area contributed by atoms with Crippen LogP contribution >= 0.6 is 0 Å². The molecule has 0 saturated heterocycles. The number of rotatable bonds is 4. The molecule has 0 fully saturated rings. The Morgan fingerprint density at radius 2 is 1.67 bits per heavy atom. The molecule has 8 heteroatoms. The molecular weight excluding hydrogens is 206 g/mol. The van der Waals surface area contributed by atoms with Gasteiger partial charge in [-0.2, -0.15) is 0 Å². The monoisotopic (exact) mass is 216 g/mol. The molecule has 0 aromatic heterocycles. The van der Waals surface area contributed by atoms with Crippen molar-refractivity contribution in [2.24, 2.45) is 0 Å². The van der Waals surface area contributed by atoms with Crippen molar-refractivity contribution in [3.05, 3.63) is 0 Å². The highest BCUT2D eigenvalue weighted by Gasteiger charge is 2.11. The van der Waals surface area contributed by atoms with E-state index in [1.54, 1.807) is 0 Å². The summed E-state index contributed by atoms with van der Waals surface area (Å²) >= 11 is 0. The maximum absolute atomic E-state index is 10.7. The van der Waals surface area contributed by atoms with E-state index >= 15 is 0 Å². The first kappa shape index (κ1) is 11.8. The largest absolute Gasteiger partial charge is 0.748 e. The Kier molecular flexibility index (Phi) is 3.63. The molecule has 0 heterocycles. The summed E-state index contributed by atoms with van der Waals surface area (Å²) in [5.74, 6) is -0.698. The molecule has 0 saturated carbocycles. The van der Waals surface area contributed by atoms with Gasteiger partial charge in [-0.1, -0.05) is 0 Å². The van der Waals surface area contributed by atoms with Gasteiger partial charge in [0.25, 0.3) is 0 Å². The number of nitrogens with zero attached hydrogens (tertiary/aromatic N) is 1. The van der Waals surface area contributed by atoms with Gasteiger partial charge in [-0.3, -0.25) is 0 Å². The first-order chi connectivity index (χ1) is 5.13. The number of hydrogen-bond acceptors (Lipinski definition) is 5. The fraction of sp³-hybridized carbons (Fsp3) is 1.00. The van der Waals surface area contributed by atoms with E-state index in [4.69, 9.17) is 0 Å². The van der Waals surface area contributed by atoms with Crippen LogP contribution in [0.5, 0.6) is 0 Å². The Morgan fingerprint density at radius 3 is 1.92 bits per heavy atom. The highest BCUT2D eigenvalue weighted by atomic mass is 32.2. The molecule has 0 N–H and O–H groups in total. The minimum atomic E-state index is -4.34. The van der Waals surface area contributed by atoms with Gasteiger partial charge in [-0.25, -0.2) is 21.1 Å². The van der Waals surface area contributed by atoms with Crippen LogP contribution in [0.15, 0.2) is 0 Å². The predicted molar refractivity (Wildman–Crippen MR) is 42.0 cm³/mol. The van der Waals surface area contributed by atoms with Crippen molar-refractivity contribution in [2.45, 2.75) is 0 Å². The van der Waals surface area contributed by atoms with E-state index in [2.05, 4.69) is 0 Å². The molecule has 0 aliphatic carbocycles. The van der Waals surface area contributed by atoms with Crippen molar-refractivity contribution in [3.8, 4) is 0 Å². The predicted octanol–water partition coefficient (Wildman–Crippen LogP) is -1.58. The summed E-state index contributed by atoms with van der Waals surface area (Å²) in [6.45, 7) is -0.301. The van der Waals surface area contributed by atoms with E-state index in [-0.39, 0.29) is 6.54 Å². The normalized spacial score (nSPS) is 13.7. The average molecular weight is 216 g/mol. The first-order valence-corrected chi connectivity index (χ1v) is 6.40. The summed E-state index contributed by atoms with van der Waals surface area (Å²) in [6, 6.07) is 0. The van der Waals surface area contributed by atoms with Gasteiger partial charge in [0.15, 0.2) is 0 Å².